The maximum Gasteiger partial charge on any atom is 0.337 e. The molecule has 0 atom stereocenters. The van der Waals surface area contributed by atoms with Crippen molar-refractivity contribution in [1.82, 2.24) is 34.3 Å². The van der Waals surface area contributed by atoms with E-state index in [2.05, 4.69) is 65.8 Å². The Morgan fingerprint density at radius 3 is 2.42 bits per heavy atom. The molecule has 3 fully saturated rings. The van der Waals surface area contributed by atoms with Crippen molar-refractivity contribution >= 4 is 72.5 Å². The smallest absolute Gasteiger partial charge is 0.337 e. The molecule has 2 saturated heterocycles. The van der Waals surface area contributed by atoms with Gasteiger partial charge in [0.15, 0.2) is 5.65 Å². The molecule has 4 N–H and O–H groups in total. The van der Waals surface area contributed by atoms with Crippen molar-refractivity contribution in [2.75, 3.05) is 62.6 Å². The molecule has 2 aliphatic heterocycles. The van der Waals surface area contributed by atoms with E-state index in [-0.39, 0.29) is 28.8 Å². The van der Waals surface area contributed by atoms with E-state index in [1.165, 1.54) is 28.8 Å². The minimum absolute atomic E-state index is 0.0556. The maximum absolute atomic E-state index is 15.8. The summed E-state index contributed by atoms with van der Waals surface area (Å²) in [6.45, 7) is 9.83. The van der Waals surface area contributed by atoms with E-state index >= 15 is 4.39 Å². The van der Waals surface area contributed by atoms with Crippen molar-refractivity contribution in [3.63, 3.8) is 0 Å². The second kappa shape index (κ2) is 17.7. The first kappa shape index (κ1) is 45.0. The number of hydrogen-bond acceptors (Lipinski definition) is 10. The molecule has 67 heavy (non-hydrogen) atoms. The number of carboxylic acids is 1. The van der Waals surface area contributed by atoms with Crippen molar-refractivity contribution < 1.29 is 27.5 Å². The number of likely N-dealkylation sites (tertiary alicyclic amines) is 1. The maximum atomic E-state index is 15.8. The van der Waals surface area contributed by atoms with E-state index in [0.717, 1.165) is 87.0 Å². The van der Waals surface area contributed by atoms with E-state index in [1.807, 2.05) is 36.4 Å². The molecular formula is C50H55ClFN9O5S. The van der Waals surface area contributed by atoms with Crippen LogP contribution < -0.4 is 14.9 Å². The number of carbonyl (C=O) groups is 2. The first-order chi connectivity index (χ1) is 32.1. The summed E-state index contributed by atoms with van der Waals surface area (Å²) in [7, 11) is -4.60. The van der Waals surface area contributed by atoms with E-state index in [9.17, 15) is 23.1 Å². The first-order valence-corrected chi connectivity index (χ1v) is 25.0. The van der Waals surface area contributed by atoms with Gasteiger partial charge in [0.1, 0.15) is 11.2 Å². The predicted octanol–water partition coefficient (Wildman–Crippen LogP) is 8.54. The van der Waals surface area contributed by atoms with Crippen LogP contribution >= 0.6 is 11.6 Å². The number of piperazine rings is 1. The molecule has 0 bridgehead atoms. The molecule has 14 nitrogen and oxygen atoms in total. The number of benzene rings is 3. The number of fused-ring (bicyclic) bond motifs is 2. The zero-order valence-corrected chi connectivity index (χ0v) is 39.3. The van der Waals surface area contributed by atoms with Crippen LogP contribution in [-0.2, 0) is 10.0 Å². The lowest BCUT2D eigenvalue weighted by Crippen LogP contribution is -2.47. The van der Waals surface area contributed by atoms with Gasteiger partial charge in [0.2, 0.25) is 0 Å². The Morgan fingerprint density at radius 1 is 0.925 bits per heavy atom. The number of halogens is 2. The molecule has 1 amide bonds. The first-order valence-electron chi connectivity index (χ1n) is 23.1. The third kappa shape index (κ3) is 9.54. The highest BCUT2D eigenvalue weighted by atomic mass is 35.5. The molecule has 0 unspecified atom stereocenters. The summed E-state index contributed by atoms with van der Waals surface area (Å²) in [5, 5.41) is 17.8. The molecular weight excluding hydrogens is 893 g/mol. The molecule has 350 valence electrons. The number of carbonyl (C=O) groups excluding carboxylic acids is 1. The van der Waals surface area contributed by atoms with Gasteiger partial charge in [0, 0.05) is 92.6 Å². The van der Waals surface area contributed by atoms with Crippen LogP contribution in [0.4, 0.5) is 15.8 Å². The second-order valence-electron chi connectivity index (χ2n) is 19.5. The predicted molar refractivity (Wildman–Crippen MR) is 260 cm³/mol. The van der Waals surface area contributed by atoms with Crippen LogP contribution in [0.1, 0.15) is 85.1 Å². The average Bonchev–Trinajstić information content (AvgIpc) is 3.92. The van der Waals surface area contributed by atoms with Gasteiger partial charge in [-0.25, -0.2) is 32.3 Å². The minimum Gasteiger partial charge on any atom is -0.478 e. The topological polar surface area (TPSA) is 169 Å². The van der Waals surface area contributed by atoms with Gasteiger partial charge in [-0.05, 0) is 122 Å². The van der Waals surface area contributed by atoms with E-state index < -0.39 is 32.5 Å². The SMILES string of the molecule is CC1(C)CCC(CN2CCN(c3ccc(C(=O)NS(=O)(=O)c4ccc(NCC5(F)CCN(C6CC6)CC5)c(C(=O)O)c4)c(-n4[nH]cc5nc6nccc6cc54)c3)CC2)=C(c2ccc(Cl)cc2)C1. The Bertz CT molecular complexity index is 3020. The fourth-order valence-corrected chi connectivity index (χ4v) is 11.1. The number of aromatic nitrogens is 4. The van der Waals surface area contributed by atoms with Gasteiger partial charge >= 0.3 is 5.97 Å². The number of nitrogens with zero attached hydrogens (tertiary/aromatic N) is 6. The highest BCUT2D eigenvalue weighted by Gasteiger charge is 2.39. The number of allylic oxidation sites excluding steroid dienone is 1. The highest BCUT2D eigenvalue weighted by molar-refractivity contribution is 7.90. The van der Waals surface area contributed by atoms with Gasteiger partial charge in [0.25, 0.3) is 15.9 Å². The average molecular weight is 949 g/mol. The number of nitrogens with one attached hydrogen (secondary N) is 3. The van der Waals surface area contributed by atoms with Crippen LogP contribution in [-0.4, -0.2) is 119 Å². The number of anilines is 2. The van der Waals surface area contributed by atoms with E-state index in [4.69, 9.17) is 11.6 Å². The molecule has 4 aliphatic rings. The molecule has 17 heteroatoms. The lowest BCUT2D eigenvalue weighted by atomic mass is 9.72. The molecule has 2 aliphatic carbocycles. The number of alkyl halides is 1. The van der Waals surface area contributed by atoms with E-state index in [0.29, 0.717) is 54.3 Å². The summed E-state index contributed by atoms with van der Waals surface area (Å²) >= 11 is 6.26. The lowest BCUT2D eigenvalue weighted by Gasteiger charge is -2.39. The summed E-state index contributed by atoms with van der Waals surface area (Å²) in [5.41, 5.74) is 5.65. The van der Waals surface area contributed by atoms with E-state index in [1.54, 1.807) is 23.1 Å². The molecule has 10 rings (SSSR count). The number of pyridine rings is 1. The largest absolute Gasteiger partial charge is 0.478 e. The third-order valence-corrected chi connectivity index (χ3v) is 15.8. The van der Waals surface area contributed by atoms with Crippen molar-refractivity contribution in [3.8, 4) is 5.69 Å². The fraction of sp³-hybridized carbons (Fsp3) is 0.400. The number of carboxylic acid groups (broad SMARTS) is 1. The van der Waals surface area contributed by atoms with Crippen molar-refractivity contribution in [3.05, 3.63) is 112 Å². The highest BCUT2D eigenvalue weighted by Crippen LogP contribution is 2.43. The van der Waals surface area contributed by atoms with Gasteiger partial charge < -0.3 is 20.2 Å². The number of piperidine rings is 1. The molecule has 6 aromatic rings. The molecule has 3 aromatic heterocycles. The summed E-state index contributed by atoms with van der Waals surface area (Å²) in [6, 6.07) is 21.3. The monoisotopic (exact) mass is 947 g/mol. The Morgan fingerprint density at radius 2 is 1.69 bits per heavy atom. The number of hydrogen-bond donors (Lipinski definition) is 4. The number of amides is 1. The summed E-state index contributed by atoms with van der Waals surface area (Å²) in [6.07, 6.45) is 9.50. The summed E-state index contributed by atoms with van der Waals surface area (Å²) in [4.78, 5) is 42.4. The summed E-state index contributed by atoms with van der Waals surface area (Å²) in [5.74, 6) is -2.31. The van der Waals surface area contributed by atoms with Gasteiger partial charge in [-0.3, -0.25) is 19.5 Å². The fourth-order valence-electron chi connectivity index (χ4n) is 10.0. The Balaban J connectivity index is 0.891. The molecule has 3 aromatic carbocycles. The normalized spacial score (nSPS) is 19.3. The van der Waals surface area contributed by atoms with Crippen LogP contribution in [0.3, 0.4) is 0 Å². The van der Waals surface area contributed by atoms with Crippen LogP contribution in [0.25, 0.3) is 33.3 Å². The zero-order valence-electron chi connectivity index (χ0n) is 37.7. The van der Waals surface area contributed by atoms with Crippen LogP contribution in [0, 0.1) is 5.41 Å². The quantitative estimate of drug-likeness (QED) is 0.0876. The van der Waals surface area contributed by atoms with Crippen LogP contribution in [0.5, 0.6) is 0 Å². The number of aromatic carboxylic acids is 1. The molecule has 0 spiro atoms. The number of sulfonamides is 1. The number of rotatable bonds is 13. The Hall–Kier alpha value is -5.81. The van der Waals surface area contributed by atoms with Crippen molar-refractivity contribution in [2.45, 2.75) is 75.4 Å². The summed E-state index contributed by atoms with van der Waals surface area (Å²) < 4.78 is 47.6. The van der Waals surface area contributed by atoms with Gasteiger partial charge in [-0.1, -0.05) is 43.2 Å². The Kier molecular flexibility index (Phi) is 11.9. The van der Waals surface area contributed by atoms with Gasteiger partial charge in [-0.15, -0.1) is 0 Å². The number of aromatic amines is 1. The van der Waals surface area contributed by atoms with Crippen molar-refractivity contribution in [1.29, 1.82) is 0 Å². The van der Waals surface area contributed by atoms with Crippen LogP contribution in [0.15, 0.2) is 95.7 Å². The van der Waals surface area contributed by atoms with Crippen LogP contribution in [0.2, 0.25) is 5.02 Å². The number of H-pyrrole nitrogens is 1. The minimum atomic E-state index is -4.60. The third-order valence-electron chi connectivity index (χ3n) is 14.2. The zero-order chi connectivity index (χ0) is 46.7. The molecule has 0 radical (unpaired) electrons. The second-order valence-corrected chi connectivity index (χ2v) is 21.6. The molecule has 1 saturated carbocycles. The van der Waals surface area contributed by atoms with Gasteiger partial charge in [0.05, 0.1) is 27.2 Å². The van der Waals surface area contributed by atoms with Gasteiger partial charge in [-0.2, -0.15) is 0 Å². The molecule has 5 heterocycles. The standard InChI is InChI=1S/C50H55ClFN9O5S/c1-49(2)15-13-34(41(28-49)32-3-5-35(51)6-4-32)30-58-21-23-60(24-22-58)37-9-11-39(44(26-37)61-45-25-33-14-18-53-46(33)56-43(45)29-55-61)47(62)57-67(65,66)38-10-12-42(40(27-38)48(63)64)54-31-50(52)16-19-59(20-17-50)36-7-8-36/h3-6,9-12,14,18,25-27,29,36,54-55H,7-8,13,15-17,19-24,28,30-31H2,1-2H3,(H,57,62)(H,63,64). The van der Waals surface area contributed by atoms with Crippen molar-refractivity contribution in [2.24, 2.45) is 5.41 Å². The Labute approximate surface area is 394 Å². The lowest BCUT2D eigenvalue weighted by molar-refractivity contribution is 0.0647.